The third-order valence-corrected chi connectivity index (χ3v) is 55.7. The van der Waals surface area contributed by atoms with Gasteiger partial charge < -0.3 is 84.0 Å². The molecule has 0 bridgehead atoms. The number of hydrogen-bond acceptors (Lipinski definition) is 6. The Morgan fingerprint density at radius 1 is 0.305 bits per heavy atom. The fourth-order valence-electron chi connectivity index (χ4n) is 15.8. The molecule has 4 saturated carbocycles. The van der Waals surface area contributed by atoms with E-state index in [1.807, 2.05) is 0 Å². The molecule has 4 fully saturated rings. The van der Waals surface area contributed by atoms with Crippen LogP contribution in [0.2, 0.25) is 109 Å². The van der Waals surface area contributed by atoms with Crippen molar-refractivity contribution in [2.24, 2.45) is 71.0 Å². The molecule has 670 valence electrons. The zero-order chi connectivity index (χ0) is 86.1. The fraction of sp³-hybridized carbons (Fsp3) is 0.600. The van der Waals surface area contributed by atoms with Crippen LogP contribution in [0.4, 0.5) is 0 Å². The first-order valence-electron chi connectivity index (χ1n) is 42.7. The summed E-state index contributed by atoms with van der Waals surface area (Å²) in [6.45, 7) is 87.0. The minimum absolute atomic E-state index is 0. The molecule has 18 heteroatoms. The number of fused-ring (bicyclic) bond motifs is 6. The second-order valence-electron chi connectivity index (χ2n) is 43.2. The summed E-state index contributed by atoms with van der Waals surface area (Å²) in [5.74, 6) is 9.56. The summed E-state index contributed by atoms with van der Waals surface area (Å²) < 4.78 is 40.1. The van der Waals surface area contributed by atoms with Crippen LogP contribution in [0.25, 0.3) is 11.5 Å². The van der Waals surface area contributed by atoms with Crippen LogP contribution >= 0.6 is 34.1 Å². The Morgan fingerprint density at radius 2 is 0.483 bits per heavy atom. The number of rotatable bonds is 15. The van der Waals surface area contributed by atoms with Gasteiger partial charge in [0.05, 0.1) is 0 Å². The minimum atomic E-state index is -1.90. The first-order valence-corrected chi connectivity index (χ1v) is 72.8. The van der Waals surface area contributed by atoms with Crippen molar-refractivity contribution in [1.29, 1.82) is 0 Å². The molecular weight excluding hydrogens is 1790 g/mol. The Kier molecular flexibility index (Phi) is 44.4. The Bertz CT molecular complexity index is 3350. The molecule has 0 heterocycles. The van der Waals surface area contributed by atoms with Crippen LogP contribution in [0.15, 0.2) is 158 Å². The van der Waals surface area contributed by atoms with Crippen LogP contribution in [0.3, 0.4) is 0 Å². The molecule has 0 aliphatic heterocycles. The molecule has 0 aromatic heterocycles. The molecule has 10 aliphatic rings. The van der Waals surface area contributed by atoms with Crippen molar-refractivity contribution in [3.63, 3.8) is 0 Å². The van der Waals surface area contributed by atoms with Crippen molar-refractivity contribution in [3.8, 4) is 0 Å². The molecule has 6 nitrogen and oxygen atoms in total. The summed E-state index contributed by atoms with van der Waals surface area (Å²) in [5.41, 5.74) is 5.41. The van der Waals surface area contributed by atoms with Crippen LogP contribution in [-0.4, -0.2) is 74.3 Å². The Balaban J connectivity index is 0.000000504. The summed E-state index contributed by atoms with van der Waals surface area (Å²) >= 11 is -1.65. The van der Waals surface area contributed by atoms with E-state index in [2.05, 4.69) is 389 Å². The molecule has 118 heavy (non-hydrogen) atoms. The van der Waals surface area contributed by atoms with Crippen LogP contribution in [0, 0.1) is 128 Å². The summed E-state index contributed by atoms with van der Waals surface area (Å²) in [6.07, 6.45) is 48.8. The Morgan fingerprint density at radius 3 is 0.669 bits per heavy atom. The van der Waals surface area contributed by atoms with Gasteiger partial charge in [0.1, 0.15) is 11.5 Å². The molecule has 0 spiro atoms. The molecule has 0 saturated heterocycles. The van der Waals surface area contributed by atoms with Gasteiger partial charge in [0.2, 0.25) is 16.6 Å². The number of hydrogen-bond donors (Lipinski definition) is 0. The topological polar surface area (TPSA) is 55.4 Å². The van der Waals surface area contributed by atoms with Crippen LogP contribution in [0.5, 0.6) is 0 Å². The van der Waals surface area contributed by atoms with Gasteiger partial charge in [0.15, 0.2) is 33.3 Å². The third kappa shape index (κ3) is 29.5. The molecule has 2 aromatic rings. The summed E-state index contributed by atoms with van der Waals surface area (Å²) in [6, 6.07) is 17.7. The third-order valence-electron chi connectivity index (χ3n) is 29.0. The van der Waals surface area contributed by atoms with Crippen LogP contribution in [0.1, 0.15) is 197 Å². The first-order chi connectivity index (χ1) is 52.3. The van der Waals surface area contributed by atoms with E-state index < -0.39 is 91.6 Å². The fourth-order valence-corrected chi connectivity index (χ4v) is 23.3. The maximum absolute atomic E-state index is 6.82. The van der Waals surface area contributed by atoms with E-state index in [0.29, 0.717) is 107 Å². The van der Waals surface area contributed by atoms with Crippen molar-refractivity contribution in [2.75, 3.05) is 0 Å². The predicted molar refractivity (Wildman–Crippen MR) is 532 cm³/mol. The van der Waals surface area contributed by atoms with Gasteiger partial charge >= 0.3 is 75.7 Å². The van der Waals surface area contributed by atoms with Crippen molar-refractivity contribution in [2.45, 2.75) is 308 Å². The molecule has 0 radical (unpaired) electrons. The summed E-state index contributed by atoms with van der Waals surface area (Å²) in [5, 5.41) is 1.51. The zero-order valence-electron chi connectivity index (χ0n) is 80.4. The van der Waals surface area contributed by atoms with Gasteiger partial charge in [-0.1, -0.05) is 296 Å². The maximum atomic E-state index is 6.82. The van der Waals surface area contributed by atoms with E-state index in [4.69, 9.17) is 60.6 Å². The average molecular weight is 1960 g/mol. The molecule has 18 atom stereocenters. The van der Waals surface area contributed by atoms with Crippen molar-refractivity contribution >= 4 is 95.5 Å². The molecular formula is C100H166Cl4O6Si6Zr2-8. The van der Waals surface area contributed by atoms with E-state index in [0.717, 1.165) is 50.0 Å². The average Bonchev–Trinajstić information content (AvgIpc) is 1.47. The zero-order valence-corrected chi connectivity index (χ0v) is 94.4. The van der Waals surface area contributed by atoms with Crippen LogP contribution in [-0.2, 0) is 68.3 Å². The SMILES string of the molecule is CC(C)(C)[Si](C)(C)OC1=CC(CCC2C=C(O[Si](C)(C)C(C)(C)C)c3ccccc32)c2ccccc21.[CH2-]C1CC(O[Si](C)(C)C(C)(C)C)C2C=CC=CC12.[CH2-]C1CC(O[Si](C)(C)C(C)(C)C)C2C=CC=CC12.[CH2-]C1CC(O[Si](C)(C)C(C)(C)C)C2C=CC=CC12.[CH2-]C1CC(O[Si](C)(C)C(C)(C)C)C2C=CC=CC12.[CH3-].[CH3-].[CH3-].[CH3-].[Cl][Zr][Cl].[Cl][Zr][Cl]. The molecule has 12 rings (SSSR count). The van der Waals surface area contributed by atoms with E-state index >= 15 is 0 Å². The first kappa shape index (κ1) is 114. The van der Waals surface area contributed by atoms with E-state index in [-0.39, 0.29) is 59.9 Å². The summed E-state index contributed by atoms with van der Waals surface area (Å²) in [7, 11) is 9.29. The van der Waals surface area contributed by atoms with Crippen molar-refractivity contribution in [1.82, 2.24) is 0 Å². The normalized spacial score (nSPS) is 28.2. The summed E-state index contributed by atoms with van der Waals surface area (Å²) in [4.78, 5) is 0. The standard InChI is InChI=1S/C32H46O2Si2.4C16H27OSi.4CH3.4ClH.2Zr/c1-31(2,3)35(7,8)33-29-21-23(25-15-11-13-17-27(25)29)19-20-24-22-30(28-18-14-12-16-26(24)28)34-36(9,10)32(4,5)6;4*1-12-11-15(14-10-8-7-9-13(12)14)17-18(5,6)16(2,3)4;;;;;;;;;;/h11-18,21-24H,19-20H2,1-10H3;4*7-10,12-15H,1,11H2,2-6H3;4*1H3;4*1H;;/q;8*-1;;;;;2*+2/p-4. The molecule has 0 amide bonds. The van der Waals surface area contributed by atoms with Gasteiger partial charge in [-0.3, -0.25) is 0 Å². The predicted octanol–water partition coefficient (Wildman–Crippen LogP) is 33.0. The molecule has 18 unspecified atom stereocenters. The van der Waals surface area contributed by atoms with E-state index in [1.54, 1.807) is 0 Å². The second-order valence-corrected chi connectivity index (χ2v) is 79.2. The van der Waals surface area contributed by atoms with Gasteiger partial charge in [0, 0.05) is 71.1 Å². The Hall–Kier alpha value is -0.492. The van der Waals surface area contributed by atoms with Gasteiger partial charge in [0.25, 0.3) is 0 Å². The van der Waals surface area contributed by atoms with Crippen molar-refractivity contribution in [3.05, 3.63) is 238 Å². The van der Waals surface area contributed by atoms with Gasteiger partial charge in [-0.25, -0.2) is 0 Å². The number of halogens is 4. The van der Waals surface area contributed by atoms with E-state index in [1.165, 1.54) is 22.3 Å². The quantitative estimate of drug-likeness (QED) is 0.131. The monoisotopic (exact) mass is 1950 g/mol. The number of allylic oxidation sites excluding steroid dienone is 14. The van der Waals surface area contributed by atoms with Gasteiger partial charge in [-0.15, -0.1) is 0 Å². The number of benzene rings is 2. The Labute approximate surface area is 772 Å². The molecule has 0 N–H and O–H groups in total. The van der Waals surface area contributed by atoms with Gasteiger partial charge in [-0.2, -0.15) is 23.7 Å². The van der Waals surface area contributed by atoms with Gasteiger partial charge in [-0.05, 0) is 169 Å². The molecule has 2 aromatic carbocycles. The van der Waals surface area contributed by atoms with Crippen molar-refractivity contribution < 1.29 is 68.3 Å². The second kappa shape index (κ2) is 46.2. The van der Waals surface area contributed by atoms with Crippen LogP contribution < -0.4 is 0 Å². The van der Waals surface area contributed by atoms with E-state index in [9.17, 15) is 0 Å². The molecule has 10 aliphatic carbocycles.